The molecular formula is C20H17N5O3S. The molecule has 0 spiro atoms. The van der Waals surface area contributed by atoms with Crippen molar-refractivity contribution in [2.75, 3.05) is 10.6 Å². The summed E-state index contributed by atoms with van der Waals surface area (Å²) in [7, 11) is 0. The maximum Gasteiger partial charge on any atom is 0.228 e. The number of para-hydroxylation sites is 1. The van der Waals surface area contributed by atoms with Gasteiger partial charge in [-0.2, -0.15) is 5.10 Å². The number of benzene rings is 2. The summed E-state index contributed by atoms with van der Waals surface area (Å²) < 4.78 is 2.51. The Balaban J connectivity index is 1.46. The molecule has 0 aliphatic heterocycles. The molecule has 0 unspecified atom stereocenters. The van der Waals surface area contributed by atoms with E-state index in [1.807, 2.05) is 18.2 Å². The number of nitrogens with one attached hydrogen (secondary N) is 2. The van der Waals surface area contributed by atoms with Gasteiger partial charge in [-0.15, -0.1) is 0 Å². The topological polar surface area (TPSA) is 106 Å². The van der Waals surface area contributed by atoms with Gasteiger partial charge in [-0.1, -0.05) is 23.5 Å². The molecule has 4 rings (SSSR count). The fraction of sp³-hybridized carbons (Fsp3) is 0.150. The third-order valence-electron chi connectivity index (χ3n) is 4.27. The Kier molecular flexibility index (Phi) is 5.05. The highest BCUT2D eigenvalue weighted by atomic mass is 32.1. The van der Waals surface area contributed by atoms with Crippen molar-refractivity contribution < 1.29 is 9.59 Å². The molecule has 9 heteroatoms. The summed E-state index contributed by atoms with van der Waals surface area (Å²) in [5, 5.41) is 10.7. The molecule has 4 aromatic rings. The lowest BCUT2D eigenvalue weighted by atomic mass is 10.2. The fourth-order valence-corrected chi connectivity index (χ4v) is 3.91. The van der Waals surface area contributed by atoms with E-state index in [9.17, 15) is 14.4 Å². The van der Waals surface area contributed by atoms with Crippen LogP contribution in [-0.2, 0) is 16.1 Å². The van der Waals surface area contributed by atoms with Crippen molar-refractivity contribution >= 4 is 55.1 Å². The number of thiazole rings is 1. The number of fused-ring (bicyclic) bond motifs is 2. The fourth-order valence-electron chi connectivity index (χ4n) is 2.99. The van der Waals surface area contributed by atoms with E-state index >= 15 is 0 Å². The number of rotatable bonds is 5. The average molecular weight is 407 g/mol. The Labute approximate surface area is 169 Å². The van der Waals surface area contributed by atoms with Gasteiger partial charge in [-0.3, -0.25) is 19.1 Å². The Bertz CT molecular complexity index is 1290. The number of nitrogens with zero attached hydrogens (tertiary/aromatic N) is 3. The second-order valence-corrected chi connectivity index (χ2v) is 7.46. The summed E-state index contributed by atoms with van der Waals surface area (Å²) in [6, 6.07) is 12.6. The number of carbonyl (C=O) groups is 2. The summed E-state index contributed by atoms with van der Waals surface area (Å²) in [6.45, 7) is 1.79. The molecule has 2 heterocycles. The first-order chi connectivity index (χ1) is 14.0. The largest absolute Gasteiger partial charge is 0.326 e. The molecular weight excluding hydrogens is 390 g/mol. The van der Waals surface area contributed by atoms with Crippen LogP contribution in [-0.4, -0.2) is 26.6 Å². The predicted molar refractivity (Wildman–Crippen MR) is 113 cm³/mol. The zero-order valence-corrected chi connectivity index (χ0v) is 16.3. The summed E-state index contributed by atoms with van der Waals surface area (Å²) in [5.74, 6) is -0.346. The van der Waals surface area contributed by atoms with Gasteiger partial charge in [0.1, 0.15) is 0 Å². The van der Waals surface area contributed by atoms with E-state index in [0.29, 0.717) is 28.3 Å². The maximum absolute atomic E-state index is 12.4. The summed E-state index contributed by atoms with van der Waals surface area (Å²) >= 11 is 1.33. The first-order valence-corrected chi connectivity index (χ1v) is 9.74. The number of aromatic nitrogens is 3. The molecule has 0 radical (unpaired) electrons. The highest BCUT2D eigenvalue weighted by molar-refractivity contribution is 7.22. The van der Waals surface area contributed by atoms with Crippen molar-refractivity contribution in [3.8, 4) is 0 Å². The summed E-state index contributed by atoms with van der Waals surface area (Å²) in [6.07, 6.45) is 1.45. The summed E-state index contributed by atoms with van der Waals surface area (Å²) in [4.78, 5) is 39.9. The second kappa shape index (κ2) is 7.80. The third-order valence-corrected chi connectivity index (χ3v) is 5.20. The first kappa shape index (κ1) is 18.8. The Morgan fingerprint density at radius 3 is 2.79 bits per heavy atom. The van der Waals surface area contributed by atoms with E-state index in [4.69, 9.17) is 0 Å². The SMILES string of the molecule is CC(=O)Nc1ccc2nc(NC(=O)CCn3ncc(=O)c4ccccc43)sc2c1. The molecule has 2 aromatic heterocycles. The van der Waals surface area contributed by atoms with E-state index in [0.717, 1.165) is 10.2 Å². The lowest BCUT2D eigenvalue weighted by Crippen LogP contribution is -2.17. The minimum absolute atomic E-state index is 0.144. The van der Waals surface area contributed by atoms with Crippen molar-refractivity contribution in [3.63, 3.8) is 0 Å². The zero-order chi connectivity index (χ0) is 20.4. The Morgan fingerprint density at radius 2 is 1.97 bits per heavy atom. The normalized spacial score (nSPS) is 10.9. The second-order valence-electron chi connectivity index (χ2n) is 6.43. The number of aryl methyl sites for hydroxylation is 1. The van der Waals surface area contributed by atoms with Crippen LogP contribution in [0, 0.1) is 0 Å². The van der Waals surface area contributed by atoms with Gasteiger partial charge in [0.25, 0.3) is 0 Å². The lowest BCUT2D eigenvalue weighted by Gasteiger charge is -2.08. The van der Waals surface area contributed by atoms with E-state index in [1.165, 1.54) is 24.5 Å². The minimum Gasteiger partial charge on any atom is -0.326 e. The monoisotopic (exact) mass is 407 g/mol. The molecule has 0 saturated heterocycles. The van der Waals surface area contributed by atoms with E-state index in [1.54, 1.807) is 28.9 Å². The van der Waals surface area contributed by atoms with Gasteiger partial charge in [0.15, 0.2) is 5.13 Å². The number of hydrogen-bond donors (Lipinski definition) is 2. The van der Waals surface area contributed by atoms with E-state index in [2.05, 4.69) is 20.7 Å². The van der Waals surface area contributed by atoms with Crippen LogP contribution >= 0.6 is 11.3 Å². The lowest BCUT2D eigenvalue weighted by molar-refractivity contribution is -0.116. The van der Waals surface area contributed by atoms with Crippen LogP contribution in [0.4, 0.5) is 10.8 Å². The van der Waals surface area contributed by atoms with Crippen LogP contribution in [0.25, 0.3) is 21.1 Å². The molecule has 2 aromatic carbocycles. The average Bonchev–Trinajstić information content (AvgIpc) is 3.08. The zero-order valence-electron chi connectivity index (χ0n) is 15.5. The van der Waals surface area contributed by atoms with Gasteiger partial charge in [0.2, 0.25) is 17.2 Å². The molecule has 29 heavy (non-hydrogen) atoms. The van der Waals surface area contributed by atoms with Crippen molar-refractivity contribution in [2.24, 2.45) is 0 Å². The van der Waals surface area contributed by atoms with Gasteiger partial charge < -0.3 is 10.6 Å². The van der Waals surface area contributed by atoms with Gasteiger partial charge in [-0.25, -0.2) is 4.98 Å². The Morgan fingerprint density at radius 1 is 1.14 bits per heavy atom. The van der Waals surface area contributed by atoms with Crippen molar-refractivity contribution in [2.45, 2.75) is 19.9 Å². The number of amides is 2. The van der Waals surface area contributed by atoms with Crippen LogP contribution in [0.5, 0.6) is 0 Å². The molecule has 0 aliphatic carbocycles. The Hall–Kier alpha value is -3.59. The van der Waals surface area contributed by atoms with Crippen molar-refractivity contribution in [3.05, 3.63) is 58.9 Å². The van der Waals surface area contributed by atoms with E-state index < -0.39 is 0 Å². The van der Waals surface area contributed by atoms with Crippen molar-refractivity contribution in [1.82, 2.24) is 14.8 Å². The molecule has 0 fully saturated rings. The van der Waals surface area contributed by atoms with Crippen LogP contribution < -0.4 is 16.1 Å². The number of carbonyl (C=O) groups excluding carboxylic acids is 2. The smallest absolute Gasteiger partial charge is 0.228 e. The highest BCUT2D eigenvalue weighted by Crippen LogP contribution is 2.28. The first-order valence-electron chi connectivity index (χ1n) is 8.92. The summed E-state index contributed by atoms with van der Waals surface area (Å²) in [5.41, 5.74) is 1.97. The number of anilines is 2. The van der Waals surface area contributed by atoms with E-state index in [-0.39, 0.29) is 23.7 Å². The molecule has 8 nitrogen and oxygen atoms in total. The standard InChI is InChI=1S/C20H17N5O3S/c1-12(26)22-13-6-7-15-18(10-13)29-20(23-15)24-19(28)8-9-25-16-5-3-2-4-14(16)17(27)11-21-25/h2-7,10-11H,8-9H2,1H3,(H,22,26)(H,23,24,28). The molecule has 0 atom stereocenters. The van der Waals surface area contributed by atoms with Gasteiger partial charge >= 0.3 is 0 Å². The maximum atomic E-state index is 12.4. The van der Waals surface area contributed by atoms with Gasteiger partial charge in [0.05, 0.1) is 28.5 Å². The van der Waals surface area contributed by atoms with Crippen LogP contribution in [0.1, 0.15) is 13.3 Å². The molecule has 0 saturated carbocycles. The van der Waals surface area contributed by atoms with Crippen LogP contribution in [0.15, 0.2) is 53.5 Å². The molecule has 0 aliphatic rings. The third kappa shape index (κ3) is 4.14. The van der Waals surface area contributed by atoms with Gasteiger partial charge in [0, 0.05) is 24.4 Å². The van der Waals surface area contributed by atoms with Crippen LogP contribution in [0.2, 0.25) is 0 Å². The predicted octanol–water partition coefficient (Wildman–Crippen LogP) is 2.99. The molecule has 146 valence electrons. The highest BCUT2D eigenvalue weighted by Gasteiger charge is 2.10. The molecule has 0 bridgehead atoms. The quantitative estimate of drug-likeness (QED) is 0.529. The molecule has 2 amide bonds. The minimum atomic E-state index is -0.198. The van der Waals surface area contributed by atoms with Crippen LogP contribution in [0.3, 0.4) is 0 Å². The van der Waals surface area contributed by atoms with Gasteiger partial charge in [-0.05, 0) is 30.3 Å². The molecule has 2 N–H and O–H groups in total. The van der Waals surface area contributed by atoms with Crippen molar-refractivity contribution in [1.29, 1.82) is 0 Å². The number of hydrogen-bond acceptors (Lipinski definition) is 6.